The van der Waals surface area contributed by atoms with Crippen LogP contribution in [0, 0.1) is 5.92 Å². The molecule has 0 aromatic heterocycles. The molecule has 0 radical (unpaired) electrons. The second-order valence-corrected chi connectivity index (χ2v) is 9.03. The largest absolute Gasteiger partial charge is 0.481 e. The minimum absolute atomic E-state index is 0.111. The molecule has 9 nitrogen and oxygen atoms in total. The van der Waals surface area contributed by atoms with E-state index >= 15 is 0 Å². The highest BCUT2D eigenvalue weighted by molar-refractivity contribution is 5.94. The van der Waals surface area contributed by atoms with Gasteiger partial charge < -0.3 is 29.3 Å². The van der Waals surface area contributed by atoms with Crippen molar-refractivity contribution in [1.29, 1.82) is 0 Å². The van der Waals surface area contributed by atoms with Gasteiger partial charge in [-0.05, 0) is 31.2 Å². The van der Waals surface area contributed by atoms with E-state index in [2.05, 4.69) is 0 Å². The third-order valence-corrected chi connectivity index (χ3v) is 7.14. The average molecular weight is 460 g/mol. The molecule has 9 heteroatoms. The number of amides is 3. The Hall–Kier alpha value is -2.65. The Balaban J connectivity index is 1.81. The van der Waals surface area contributed by atoms with E-state index < -0.39 is 23.5 Å². The number of rotatable bonds is 5. The minimum atomic E-state index is -1.19. The number of hydrogen-bond donors (Lipinski definition) is 1. The van der Waals surface area contributed by atoms with Crippen molar-refractivity contribution in [3.05, 3.63) is 35.9 Å². The van der Waals surface area contributed by atoms with Gasteiger partial charge in [-0.3, -0.25) is 9.59 Å². The summed E-state index contributed by atoms with van der Waals surface area (Å²) in [6.07, 6.45) is 2.12. The standard InChI is InChI=1S/C24H33N3O6/c1-32-14-11-25-10-6-5-9-24(22(25)30)17-19(21(28)29)20(18-7-3-2-4-8-18)27(24)23(31)26-12-15-33-16-13-26/h2-4,7-8,19-20H,5-6,9-17H2,1H3,(H,28,29)/t19-,20-,24-/m0/s1. The first-order valence-corrected chi connectivity index (χ1v) is 11.7. The first-order chi connectivity index (χ1) is 16.0. The molecule has 3 fully saturated rings. The Morgan fingerprint density at radius 2 is 1.88 bits per heavy atom. The first kappa shape index (κ1) is 23.5. The van der Waals surface area contributed by atoms with Crippen LogP contribution in [-0.2, 0) is 19.1 Å². The van der Waals surface area contributed by atoms with Crippen LogP contribution in [0.5, 0.6) is 0 Å². The molecule has 3 heterocycles. The molecule has 4 rings (SSSR count). The average Bonchev–Trinajstić information content (AvgIpc) is 3.12. The van der Waals surface area contributed by atoms with E-state index in [0.29, 0.717) is 52.4 Å². The molecule has 1 aromatic rings. The van der Waals surface area contributed by atoms with Crippen LogP contribution in [0.25, 0.3) is 0 Å². The lowest BCUT2D eigenvalue weighted by atomic mass is 9.85. The highest BCUT2D eigenvalue weighted by atomic mass is 16.5. The van der Waals surface area contributed by atoms with Gasteiger partial charge in [-0.15, -0.1) is 0 Å². The molecule has 0 saturated carbocycles. The van der Waals surface area contributed by atoms with Gasteiger partial charge in [0.05, 0.1) is 31.8 Å². The van der Waals surface area contributed by atoms with E-state index in [0.717, 1.165) is 18.4 Å². The third kappa shape index (κ3) is 4.44. The molecule has 3 aliphatic rings. The van der Waals surface area contributed by atoms with E-state index in [1.54, 1.807) is 21.8 Å². The molecule has 1 spiro atoms. The molecule has 1 aromatic carbocycles. The van der Waals surface area contributed by atoms with Crippen LogP contribution in [0.15, 0.2) is 30.3 Å². The highest BCUT2D eigenvalue weighted by Crippen LogP contribution is 2.51. The zero-order valence-corrected chi connectivity index (χ0v) is 19.1. The van der Waals surface area contributed by atoms with Crippen LogP contribution in [0.1, 0.15) is 37.3 Å². The second kappa shape index (κ2) is 10.1. The quantitative estimate of drug-likeness (QED) is 0.723. The van der Waals surface area contributed by atoms with Crippen LogP contribution in [-0.4, -0.2) is 96.4 Å². The number of methoxy groups -OCH3 is 1. The summed E-state index contributed by atoms with van der Waals surface area (Å²) < 4.78 is 10.6. The fraction of sp³-hybridized carbons (Fsp3) is 0.625. The summed E-state index contributed by atoms with van der Waals surface area (Å²) in [5.74, 6) is -2.02. The van der Waals surface area contributed by atoms with Crippen LogP contribution >= 0.6 is 0 Å². The van der Waals surface area contributed by atoms with Gasteiger partial charge in [0, 0.05) is 33.3 Å². The van der Waals surface area contributed by atoms with E-state index in [9.17, 15) is 19.5 Å². The molecular weight excluding hydrogens is 426 g/mol. The van der Waals surface area contributed by atoms with Gasteiger partial charge in [0.15, 0.2) is 0 Å². The summed E-state index contributed by atoms with van der Waals surface area (Å²) in [5.41, 5.74) is -0.452. The normalized spacial score (nSPS) is 28.3. The van der Waals surface area contributed by atoms with Crippen LogP contribution < -0.4 is 0 Å². The summed E-state index contributed by atoms with van der Waals surface area (Å²) >= 11 is 0. The van der Waals surface area contributed by atoms with Crippen molar-refractivity contribution in [3.63, 3.8) is 0 Å². The third-order valence-electron chi connectivity index (χ3n) is 7.14. The number of benzene rings is 1. The van der Waals surface area contributed by atoms with Crippen molar-refractivity contribution in [1.82, 2.24) is 14.7 Å². The number of nitrogens with zero attached hydrogens (tertiary/aromatic N) is 3. The first-order valence-electron chi connectivity index (χ1n) is 11.7. The van der Waals surface area contributed by atoms with Gasteiger partial charge in [-0.25, -0.2) is 4.79 Å². The monoisotopic (exact) mass is 459 g/mol. The van der Waals surface area contributed by atoms with Crippen molar-refractivity contribution in [3.8, 4) is 0 Å². The fourth-order valence-electron chi connectivity index (χ4n) is 5.53. The maximum atomic E-state index is 14.1. The lowest BCUT2D eigenvalue weighted by molar-refractivity contribution is -0.142. The van der Waals surface area contributed by atoms with Gasteiger partial charge in [-0.1, -0.05) is 30.3 Å². The number of carbonyl (C=O) groups is 3. The number of ether oxygens (including phenoxy) is 2. The van der Waals surface area contributed by atoms with Crippen molar-refractivity contribution in [2.24, 2.45) is 5.92 Å². The van der Waals surface area contributed by atoms with Crippen LogP contribution in [0.2, 0.25) is 0 Å². The van der Waals surface area contributed by atoms with Gasteiger partial charge in [0.25, 0.3) is 0 Å². The number of aliphatic carboxylic acids is 1. The number of carbonyl (C=O) groups excluding carboxylic acids is 2. The molecule has 3 saturated heterocycles. The van der Waals surface area contributed by atoms with E-state index in [-0.39, 0.29) is 18.4 Å². The van der Waals surface area contributed by atoms with Crippen molar-refractivity contribution in [2.75, 3.05) is 53.1 Å². The summed E-state index contributed by atoms with van der Waals surface area (Å²) in [4.78, 5) is 45.6. The molecule has 1 N–H and O–H groups in total. The Morgan fingerprint density at radius 1 is 1.15 bits per heavy atom. The molecule has 3 atom stereocenters. The molecule has 33 heavy (non-hydrogen) atoms. The zero-order chi connectivity index (χ0) is 23.4. The molecule has 0 bridgehead atoms. The Labute approximate surface area is 194 Å². The SMILES string of the molecule is COCCN1CCCC[C@]2(C[C@H](C(=O)O)[C@H](c3ccccc3)N2C(=O)N2CCOCC2)C1=O. The summed E-state index contributed by atoms with van der Waals surface area (Å²) in [5, 5.41) is 10.2. The molecule has 3 amide bonds. The smallest absolute Gasteiger partial charge is 0.321 e. The number of carboxylic acid groups (broad SMARTS) is 1. The predicted molar refractivity (Wildman–Crippen MR) is 120 cm³/mol. The van der Waals surface area contributed by atoms with E-state index in [4.69, 9.17) is 9.47 Å². The topological polar surface area (TPSA) is 99.6 Å². The number of carboxylic acids is 1. The summed E-state index contributed by atoms with van der Waals surface area (Å²) in [6.45, 7) is 3.10. The van der Waals surface area contributed by atoms with Crippen molar-refractivity contribution < 1.29 is 29.0 Å². The summed E-state index contributed by atoms with van der Waals surface area (Å²) in [7, 11) is 1.59. The Kier molecular flexibility index (Phi) is 7.19. The zero-order valence-electron chi connectivity index (χ0n) is 19.1. The molecular formula is C24H33N3O6. The lowest BCUT2D eigenvalue weighted by Crippen LogP contribution is -2.61. The molecule has 180 valence electrons. The maximum absolute atomic E-state index is 14.1. The lowest BCUT2D eigenvalue weighted by Gasteiger charge is -2.44. The number of hydrogen-bond acceptors (Lipinski definition) is 5. The number of likely N-dealkylation sites (tertiary alicyclic amines) is 2. The Morgan fingerprint density at radius 3 is 2.55 bits per heavy atom. The minimum Gasteiger partial charge on any atom is -0.481 e. The van der Waals surface area contributed by atoms with Gasteiger partial charge in [-0.2, -0.15) is 0 Å². The Bertz CT molecular complexity index is 859. The highest BCUT2D eigenvalue weighted by Gasteiger charge is 2.62. The van der Waals surface area contributed by atoms with E-state index in [1.807, 2.05) is 30.3 Å². The van der Waals surface area contributed by atoms with Crippen LogP contribution in [0.4, 0.5) is 4.79 Å². The van der Waals surface area contributed by atoms with E-state index in [1.165, 1.54) is 0 Å². The second-order valence-electron chi connectivity index (χ2n) is 9.03. The summed E-state index contributed by atoms with van der Waals surface area (Å²) in [6, 6.07) is 8.25. The van der Waals surface area contributed by atoms with Crippen molar-refractivity contribution in [2.45, 2.75) is 37.3 Å². The van der Waals surface area contributed by atoms with Gasteiger partial charge in [0.1, 0.15) is 5.54 Å². The molecule has 0 unspecified atom stereocenters. The van der Waals surface area contributed by atoms with Crippen molar-refractivity contribution >= 4 is 17.9 Å². The van der Waals surface area contributed by atoms with Gasteiger partial charge >= 0.3 is 12.0 Å². The fourth-order valence-corrected chi connectivity index (χ4v) is 5.53. The van der Waals surface area contributed by atoms with Gasteiger partial charge in [0.2, 0.25) is 5.91 Å². The number of urea groups is 1. The maximum Gasteiger partial charge on any atom is 0.321 e. The molecule has 0 aliphatic carbocycles. The molecule has 3 aliphatic heterocycles. The van der Waals surface area contributed by atoms with Crippen LogP contribution in [0.3, 0.4) is 0 Å². The predicted octanol–water partition coefficient (Wildman–Crippen LogP) is 1.98. The number of morpholine rings is 1.